The molecule has 0 saturated heterocycles. The molecule has 1 N–H and O–H groups in total. The van der Waals surface area contributed by atoms with Crippen LogP contribution in [0.3, 0.4) is 0 Å². The van der Waals surface area contributed by atoms with Gasteiger partial charge < -0.3 is 5.11 Å². The Bertz CT molecular complexity index is 487. The van der Waals surface area contributed by atoms with Crippen molar-refractivity contribution in [3.05, 3.63) is 34.9 Å². The predicted octanol–water partition coefficient (Wildman–Crippen LogP) is 1.96. The molecule has 0 heterocycles. The van der Waals surface area contributed by atoms with Gasteiger partial charge in [-0.25, -0.2) is 4.79 Å². The molecule has 0 fully saturated rings. The second-order valence-electron chi connectivity index (χ2n) is 2.97. The molecule has 0 aromatic heterocycles. The summed E-state index contributed by atoms with van der Waals surface area (Å²) in [6, 6.07) is 6.65. The zero-order valence-corrected chi connectivity index (χ0v) is 8.24. The van der Waals surface area contributed by atoms with Crippen molar-refractivity contribution in [2.24, 2.45) is 0 Å². The molecule has 0 aliphatic rings. The summed E-state index contributed by atoms with van der Waals surface area (Å²) in [5.41, 5.74) is 1.81. The van der Waals surface area contributed by atoms with E-state index in [1.807, 2.05) is 6.07 Å². The summed E-state index contributed by atoms with van der Waals surface area (Å²) >= 11 is 0. The van der Waals surface area contributed by atoms with E-state index >= 15 is 0 Å². The van der Waals surface area contributed by atoms with Gasteiger partial charge in [0.2, 0.25) is 0 Å². The van der Waals surface area contributed by atoms with Crippen LogP contribution in [0, 0.1) is 30.1 Å². The van der Waals surface area contributed by atoms with E-state index in [2.05, 4.69) is 11.8 Å². The Morgan fingerprint density at radius 2 is 2.27 bits per heavy atom. The highest BCUT2D eigenvalue weighted by Gasteiger charge is 2.03. The first-order valence-corrected chi connectivity index (χ1v) is 4.35. The average Bonchev–Trinajstić information content (AvgIpc) is 2.20. The molecule has 0 radical (unpaired) electrons. The first-order valence-electron chi connectivity index (χ1n) is 4.35. The normalized spacial score (nSPS) is 8.53. The summed E-state index contributed by atoms with van der Waals surface area (Å²) in [6.07, 6.45) is 0.181. The lowest BCUT2D eigenvalue weighted by molar-refractivity contribution is 0.0697. The van der Waals surface area contributed by atoms with E-state index in [-0.39, 0.29) is 12.0 Å². The molecule has 0 unspecified atom stereocenters. The van der Waals surface area contributed by atoms with E-state index < -0.39 is 5.97 Å². The number of aryl methyl sites for hydroxylation is 1. The largest absolute Gasteiger partial charge is 0.478 e. The molecule has 74 valence electrons. The molecule has 15 heavy (non-hydrogen) atoms. The van der Waals surface area contributed by atoms with Crippen molar-refractivity contribution < 1.29 is 9.90 Å². The third-order valence-corrected chi connectivity index (χ3v) is 1.86. The number of nitriles is 1. The first-order chi connectivity index (χ1) is 7.15. The van der Waals surface area contributed by atoms with Crippen molar-refractivity contribution in [1.82, 2.24) is 0 Å². The van der Waals surface area contributed by atoms with Crippen LogP contribution in [0.2, 0.25) is 0 Å². The van der Waals surface area contributed by atoms with Gasteiger partial charge in [0.25, 0.3) is 0 Å². The van der Waals surface area contributed by atoms with Crippen molar-refractivity contribution in [2.75, 3.05) is 0 Å². The van der Waals surface area contributed by atoms with Gasteiger partial charge in [-0.3, -0.25) is 0 Å². The summed E-state index contributed by atoms with van der Waals surface area (Å²) in [5.74, 6) is 4.55. The van der Waals surface area contributed by atoms with E-state index in [0.29, 0.717) is 0 Å². The summed E-state index contributed by atoms with van der Waals surface area (Å²) in [7, 11) is 0. The van der Waals surface area contributed by atoms with Crippen molar-refractivity contribution >= 4 is 5.97 Å². The summed E-state index contributed by atoms with van der Waals surface area (Å²) < 4.78 is 0. The third kappa shape index (κ3) is 2.86. The van der Waals surface area contributed by atoms with Crippen LogP contribution in [-0.4, -0.2) is 11.1 Å². The Morgan fingerprint density at radius 3 is 2.80 bits per heavy atom. The quantitative estimate of drug-likeness (QED) is 0.703. The third-order valence-electron chi connectivity index (χ3n) is 1.86. The number of benzene rings is 1. The van der Waals surface area contributed by atoms with Crippen LogP contribution in [0.4, 0.5) is 0 Å². The van der Waals surface area contributed by atoms with Crippen LogP contribution in [0.15, 0.2) is 18.2 Å². The fourth-order valence-corrected chi connectivity index (χ4v) is 1.12. The molecule has 0 spiro atoms. The van der Waals surface area contributed by atoms with Crippen LogP contribution in [-0.2, 0) is 0 Å². The van der Waals surface area contributed by atoms with E-state index in [9.17, 15) is 4.79 Å². The van der Waals surface area contributed by atoms with Crippen molar-refractivity contribution in [2.45, 2.75) is 13.3 Å². The fourth-order valence-electron chi connectivity index (χ4n) is 1.12. The molecule has 1 aromatic rings. The lowest BCUT2D eigenvalue weighted by Gasteiger charge is -1.99. The van der Waals surface area contributed by atoms with Crippen LogP contribution in [0.5, 0.6) is 0 Å². The minimum Gasteiger partial charge on any atom is -0.478 e. The summed E-state index contributed by atoms with van der Waals surface area (Å²) in [6.45, 7) is 1.79. The number of hydrogen-bond donors (Lipinski definition) is 1. The van der Waals surface area contributed by atoms with Crippen LogP contribution >= 0.6 is 0 Å². The SMILES string of the molecule is Cc1cc(C(=O)O)ccc1C#CCC#N. The molecule has 3 nitrogen and oxygen atoms in total. The minimum absolute atomic E-state index is 0.181. The molecule has 0 atom stereocenters. The minimum atomic E-state index is -0.949. The Balaban J connectivity index is 3.01. The molecule has 1 aromatic carbocycles. The van der Waals surface area contributed by atoms with Gasteiger partial charge in [0.1, 0.15) is 0 Å². The molecule has 0 aliphatic heterocycles. The summed E-state index contributed by atoms with van der Waals surface area (Å²) in [4.78, 5) is 10.6. The number of rotatable bonds is 1. The Labute approximate surface area is 88.0 Å². The van der Waals surface area contributed by atoms with E-state index in [0.717, 1.165) is 11.1 Å². The molecule has 1 rings (SSSR count). The maximum absolute atomic E-state index is 10.6. The smallest absolute Gasteiger partial charge is 0.335 e. The zero-order valence-electron chi connectivity index (χ0n) is 8.24. The maximum Gasteiger partial charge on any atom is 0.335 e. The average molecular weight is 199 g/mol. The number of carbonyl (C=O) groups is 1. The lowest BCUT2D eigenvalue weighted by atomic mass is 10.1. The zero-order chi connectivity index (χ0) is 11.3. The van der Waals surface area contributed by atoms with Crippen molar-refractivity contribution in [3.8, 4) is 17.9 Å². The standard InChI is InChI=1S/C12H9NO2/c1-9-8-11(12(14)15)6-5-10(9)4-2-3-7-13/h5-6,8H,3H2,1H3,(H,14,15). The highest BCUT2D eigenvalue weighted by molar-refractivity contribution is 5.88. The van der Waals surface area contributed by atoms with Gasteiger partial charge in [-0.15, -0.1) is 0 Å². The van der Waals surface area contributed by atoms with E-state index in [1.54, 1.807) is 19.1 Å². The second-order valence-corrected chi connectivity index (χ2v) is 2.97. The lowest BCUT2D eigenvalue weighted by Crippen LogP contribution is -1.97. The van der Waals surface area contributed by atoms with Crippen LogP contribution in [0.25, 0.3) is 0 Å². The number of aromatic carboxylic acids is 1. The Morgan fingerprint density at radius 1 is 1.53 bits per heavy atom. The van der Waals surface area contributed by atoms with Gasteiger partial charge >= 0.3 is 5.97 Å². The van der Waals surface area contributed by atoms with Gasteiger partial charge in [-0.1, -0.05) is 11.8 Å². The maximum atomic E-state index is 10.6. The van der Waals surface area contributed by atoms with Gasteiger partial charge in [0.15, 0.2) is 0 Å². The van der Waals surface area contributed by atoms with Crippen molar-refractivity contribution in [3.63, 3.8) is 0 Å². The summed E-state index contributed by atoms with van der Waals surface area (Å²) in [5, 5.41) is 17.0. The molecular weight excluding hydrogens is 190 g/mol. The fraction of sp³-hybridized carbons (Fsp3) is 0.167. The number of carboxylic acids is 1. The topological polar surface area (TPSA) is 61.1 Å². The highest BCUT2D eigenvalue weighted by Crippen LogP contribution is 2.09. The molecule has 0 bridgehead atoms. The van der Waals surface area contributed by atoms with Crippen LogP contribution < -0.4 is 0 Å². The molecule has 0 aliphatic carbocycles. The van der Waals surface area contributed by atoms with Gasteiger partial charge in [0, 0.05) is 5.56 Å². The second kappa shape index (κ2) is 4.83. The van der Waals surface area contributed by atoms with Crippen LogP contribution in [0.1, 0.15) is 27.9 Å². The van der Waals surface area contributed by atoms with Gasteiger partial charge in [0.05, 0.1) is 18.1 Å². The number of hydrogen-bond acceptors (Lipinski definition) is 2. The Kier molecular flexibility index (Phi) is 3.49. The number of carboxylic acid groups (broad SMARTS) is 1. The molecular formula is C12H9NO2. The highest BCUT2D eigenvalue weighted by atomic mass is 16.4. The van der Waals surface area contributed by atoms with E-state index in [1.165, 1.54) is 6.07 Å². The Hall–Kier alpha value is -2.26. The van der Waals surface area contributed by atoms with E-state index in [4.69, 9.17) is 10.4 Å². The monoisotopic (exact) mass is 199 g/mol. The van der Waals surface area contributed by atoms with Gasteiger partial charge in [-0.05, 0) is 30.7 Å². The van der Waals surface area contributed by atoms with Crippen molar-refractivity contribution in [1.29, 1.82) is 5.26 Å². The number of nitrogens with zero attached hydrogens (tertiary/aromatic N) is 1. The molecule has 0 amide bonds. The van der Waals surface area contributed by atoms with Gasteiger partial charge in [-0.2, -0.15) is 5.26 Å². The molecule has 0 saturated carbocycles. The predicted molar refractivity (Wildman–Crippen MR) is 55.2 cm³/mol. The first kappa shape index (κ1) is 10.8. The molecule has 3 heteroatoms.